The second-order valence-corrected chi connectivity index (χ2v) is 7.61. The third-order valence-corrected chi connectivity index (χ3v) is 5.78. The number of carbonyl (C=O) groups is 1. The lowest BCUT2D eigenvalue weighted by Crippen LogP contribution is -2.38. The summed E-state index contributed by atoms with van der Waals surface area (Å²) in [6.45, 7) is 0. The number of carbonyl (C=O) groups excluding carboxylic acids is 1. The predicted octanol–water partition coefficient (Wildman–Crippen LogP) is 5.77. The van der Waals surface area contributed by atoms with E-state index in [2.05, 4.69) is 41.1 Å². The number of anilines is 1. The molecule has 0 bridgehead atoms. The van der Waals surface area contributed by atoms with Crippen LogP contribution in [0.25, 0.3) is 11.1 Å². The molecule has 0 N–H and O–H groups in total. The molecule has 1 unspecified atom stereocenters. The van der Waals surface area contributed by atoms with Gasteiger partial charge < -0.3 is 0 Å². The fourth-order valence-electron chi connectivity index (χ4n) is 3.71. The number of aliphatic imine (C=N–C) groups is 1. The topological polar surface area (TPSA) is 32.7 Å². The van der Waals surface area contributed by atoms with Crippen molar-refractivity contribution < 1.29 is 4.79 Å². The molecule has 3 nitrogen and oxygen atoms in total. The Balaban J connectivity index is 1.52. The van der Waals surface area contributed by atoms with E-state index in [1.165, 1.54) is 5.56 Å². The van der Waals surface area contributed by atoms with Crippen molar-refractivity contribution in [1.82, 2.24) is 0 Å². The van der Waals surface area contributed by atoms with Crippen LogP contribution in [0.1, 0.15) is 12.0 Å². The van der Waals surface area contributed by atoms with Gasteiger partial charge >= 0.3 is 0 Å². The largest absolute Gasteiger partial charge is 0.299 e. The normalized spacial score (nSPS) is 19.4. The summed E-state index contributed by atoms with van der Waals surface area (Å²) in [4.78, 5) is 19.9. The minimum absolute atomic E-state index is 0.0342. The number of rotatable bonds is 3. The molecule has 3 aromatic rings. The van der Waals surface area contributed by atoms with Gasteiger partial charge in [-0.1, -0.05) is 54.6 Å². The molecule has 136 valence electrons. The van der Waals surface area contributed by atoms with Crippen LogP contribution in [0.2, 0.25) is 0 Å². The van der Waals surface area contributed by atoms with E-state index < -0.39 is 0 Å². The van der Waals surface area contributed by atoms with Crippen molar-refractivity contribution in [3.63, 3.8) is 0 Å². The van der Waals surface area contributed by atoms with Gasteiger partial charge in [-0.3, -0.25) is 9.69 Å². The summed E-state index contributed by atoms with van der Waals surface area (Å²) >= 11 is 1.68. The zero-order chi connectivity index (χ0) is 18.9. The maximum atomic E-state index is 13.3. The van der Waals surface area contributed by atoms with Gasteiger partial charge in [0.15, 0.2) is 0 Å². The smallest absolute Gasteiger partial charge is 0.278 e. The van der Waals surface area contributed by atoms with Crippen molar-refractivity contribution in [2.45, 2.75) is 12.5 Å². The number of amides is 1. The van der Waals surface area contributed by atoms with Crippen molar-refractivity contribution in [3.8, 4) is 11.1 Å². The summed E-state index contributed by atoms with van der Waals surface area (Å²) in [6, 6.07) is 18.1. The van der Waals surface area contributed by atoms with Crippen LogP contribution in [0, 0.1) is 0 Å². The van der Waals surface area contributed by atoms with E-state index in [-0.39, 0.29) is 11.9 Å². The molecule has 28 heavy (non-hydrogen) atoms. The SMILES string of the molecule is O=C1C(=Nc2ccc(-c3ccsc3)cc2)c2ccccc2N1C1C=CC=CC1. The van der Waals surface area contributed by atoms with Gasteiger partial charge in [0.1, 0.15) is 5.71 Å². The Morgan fingerprint density at radius 1 is 0.964 bits per heavy atom. The van der Waals surface area contributed by atoms with Crippen molar-refractivity contribution >= 4 is 34.3 Å². The first-order valence-electron chi connectivity index (χ1n) is 9.29. The molecule has 1 aliphatic heterocycles. The molecule has 0 saturated carbocycles. The first-order chi connectivity index (χ1) is 13.8. The molecule has 1 amide bonds. The first-order valence-corrected chi connectivity index (χ1v) is 10.2. The van der Waals surface area contributed by atoms with Crippen molar-refractivity contribution in [2.75, 3.05) is 4.90 Å². The van der Waals surface area contributed by atoms with Crippen LogP contribution in [0.5, 0.6) is 0 Å². The van der Waals surface area contributed by atoms with Crippen molar-refractivity contribution in [1.29, 1.82) is 0 Å². The molecule has 2 aromatic carbocycles. The van der Waals surface area contributed by atoms with Crippen LogP contribution in [-0.2, 0) is 4.79 Å². The first kappa shape index (κ1) is 16.9. The zero-order valence-electron chi connectivity index (χ0n) is 15.2. The highest BCUT2D eigenvalue weighted by Gasteiger charge is 2.37. The van der Waals surface area contributed by atoms with Gasteiger partial charge in [0.2, 0.25) is 0 Å². The van der Waals surface area contributed by atoms with Crippen LogP contribution in [0.3, 0.4) is 0 Å². The van der Waals surface area contributed by atoms with Crippen molar-refractivity contribution in [2.24, 2.45) is 4.99 Å². The Labute approximate surface area is 168 Å². The molecule has 0 saturated heterocycles. The fraction of sp³-hybridized carbons (Fsp3) is 0.0833. The summed E-state index contributed by atoms with van der Waals surface area (Å²) in [7, 11) is 0. The summed E-state index contributed by atoms with van der Waals surface area (Å²) in [6.07, 6.45) is 9.01. The third kappa shape index (κ3) is 2.92. The molecule has 4 heteroatoms. The molecule has 1 aromatic heterocycles. The van der Waals surface area contributed by atoms with E-state index in [1.807, 2.05) is 53.5 Å². The highest BCUT2D eigenvalue weighted by Crippen LogP contribution is 2.34. The summed E-state index contributed by atoms with van der Waals surface area (Å²) in [5, 5.41) is 4.20. The number of allylic oxidation sites excluding steroid dienone is 2. The average molecular weight is 382 g/mol. The Kier molecular flexibility index (Phi) is 4.26. The Bertz CT molecular complexity index is 1110. The molecule has 2 aliphatic rings. The number of para-hydroxylation sites is 1. The maximum Gasteiger partial charge on any atom is 0.278 e. The number of fused-ring (bicyclic) bond motifs is 1. The van der Waals surface area contributed by atoms with Crippen LogP contribution in [0.15, 0.2) is 94.7 Å². The van der Waals surface area contributed by atoms with Crippen LogP contribution >= 0.6 is 11.3 Å². The van der Waals surface area contributed by atoms with Crippen LogP contribution < -0.4 is 4.90 Å². The highest BCUT2D eigenvalue weighted by molar-refractivity contribution is 7.08. The van der Waals surface area contributed by atoms with Crippen LogP contribution in [0.4, 0.5) is 11.4 Å². The van der Waals surface area contributed by atoms with Gasteiger partial charge in [0, 0.05) is 5.56 Å². The monoisotopic (exact) mass is 382 g/mol. The van der Waals surface area contributed by atoms with Gasteiger partial charge in [-0.2, -0.15) is 11.3 Å². The number of thiophene rings is 1. The van der Waals surface area contributed by atoms with E-state index in [9.17, 15) is 4.79 Å². The van der Waals surface area contributed by atoms with Crippen molar-refractivity contribution in [3.05, 3.63) is 95.2 Å². The number of hydrogen-bond acceptors (Lipinski definition) is 3. The summed E-state index contributed by atoms with van der Waals surface area (Å²) < 4.78 is 0. The number of benzene rings is 2. The lowest BCUT2D eigenvalue weighted by atomic mass is 10.1. The molecule has 0 fully saturated rings. The molecule has 1 aliphatic carbocycles. The summed E-state index contributed by atoms with van der Waals surface area (Å²) in [5.74, 6) is -0.0342. The Morgan fingerprint density at radius 2 is 1.82 bits per heavy atom. The van der Waals surface area contributed by atoms with Gasteiger partial charge in [-0.05, 0) is 52.6 Å². The Hall–Kier alpha value is -3.24. The maximum absolute atomic E-state index is 13.3. The minimum atomic E-state index is -0.0342. The molecule has 0 radical (unpaired) electrons. The van der Waals surface area contributed by atoms with Gasteiger partial charge in [0.25, 0.3) is 5.91 Å². The standard InChI is InChI=1S/C24H18N2OS/c27-24-23(25-19-12-10-17(11-13-19)18-14-15-28-16-18)21-8-4-5-9-22(21)26(24)20-6-2-1-3-7-20/h1-6,8-16,20H,7H2. The molecular formula is C24H18N2OS. The Morgan fingerprint density at radius 3 is 2.57 bits per heavy atom. The molecule has 1 atom stereocenters. The second kappa shape index (κ2) is 7.06. The number of hydrogen-bond donors (Lipinski definition) is 0. The molecule has 2 heterocycles. The van der Waals surface area contributed by atoms with E-state index in [1.54, 1.807) is 11.3 Å². The van der Waals surface area contributed by atoms with Crippen LogP contribution in [-0.4, -0.2) is 17.7 Å². The lowest BCUT2D eigenvalue weighted by molar-refractivity contribution is -0.112. The zero-order valence-corrected chi connectivity index (χ0v) is 16.0. The molecule has 5 rings (SSSR count). The van der Waals surface area contributed by atoms with E-state index >= 15 is 0 Å². The second-order valence-electron chi connectivity index (χ2n) is 6.83. The molecular weight excluding hydrogens is 364 g/mol. The van der Waals surface area contributed by atoms with Gasteiger partial charge in [-0.25, -0.2) is 4.99 Å². The molecule has 0 spiro atoms. The lowest BCUT2D eigenvalue weighted by Gasteiger charge is -2.26. The third-order valence-electron chi connectivity index (χ3n) is 5.09. The number of nitrogens with zero attached hydrogens (tertiary/aromatic N) is 2. The minimum Gasteiger partial charge on any atom is -0.299 e. The van der Waals surface area contributed by atoms with Gasteiger partial charge in [-0.15, -0.1) is 0 Å². The van der Waals surface area contributed by atoms with E-state index in [0.29, 0.717) is 5.71 Å². The predicted molar refractivity (Wildman–Crippen MR) is 117 cm³/mol. The van der Waals surface area contributed by atoms with Gasteiger partial charge in [0.05, 0.1) is 17.4 Å². The van der Waals surface area contributed by atoms with E-state index in [0.717, 1.165) is 28.9 Å². The highest BCUT2D eigenvalue weighted by atomic mass is 32.1. The van der Waals surface area contributed by atoms with E-state index in [4.69, 9.17) is 4.99 Å². The summed E-state index contributed by atoms with van der Waals surface area (Å²) in [5.41, 5.74) is 5.50. The fourth-order valence-corrected chi connectivity index (χ4v) is 4.37. The quantitative estimate of drug-likeness (QED) is 0.566. The average Bonchev–Trinajstić information content (AvgIpc) is 3.37.